The Balaban J connectivity index is 1.74. The molecule has 0 saturated carbocycles. The molecule has 1 aromatic carbocycles. The number of likely N-dealkylation sites (tertiary alicyclic amines) is 1. The van der Waals surface area contributed by atoms with Crippen molar-refractivity contribution in [2.75, 3.05) is 13.1 Å². The van der Waals surface area contributed by atoms with Gasteiger partial charge < -0.3 is 10.2 Å². The second-order valence-electron chi connectivity index (χ2n) is 7.65. The van der Waals surface area contributed by atoms with E-state index in [1.807, 2.05) is 23.4 Å². The summed E-state index contributed by atoms with van der Waals surface area (Å²) < 4.78 is 0. The Morgan fingerprint density at radius 3 is 2.67 bits per heavy atom. The molecule has 27 heavy (non-hydrogen) atoms. The summed E-state index contributed by atoms with van der Waals surface area (Å²) in [6, 6.07) is 11.3. The van der Waals surface area contributed by atoms with Crippen molar-refractivity contribution in [3.63, 3.8) is 0 Å². The lowest BCUT2D eigenvalue weighted by Crippen LogP contribution is -2.46. The Hall–Kier alpha value is -2.20. The number of hydrogen-bond donors (Lipinski definition) is 1. The molecule has 0 spiro atoms. The van der Waals surface area contributed by atoms with Gasteiger partial charge in [0.25, 0.3) is 0 Å². The number of piperidine rings is 1. The number of benzene rings is 1. The fourth-order valence-electron chi connectivity index (χ4n) is 3.97. The molecule has 1 atom stereocenters. The number of aromatic nitrogens is 1. The molecular formula is C23H31N3O. The summed E-state index contributed by atoms with van der Waals surface area (Å²) in [6.45, 7) is 8.08. The Labute approximate surface area is 163 Å². The van der Waals surface area contributed by atoms with E-state index in [0.29, 0.717) is 18.4 Å². The van der Waals surface area contributed by atoms with E-state index in [9.17, 15) is 4.79 Å². The summed E-state index contributed by atoms with van der Waals surface area (Å²) in [5.41, 5.74) is 5.07. The molecular weight excluding hydrogens is 334 g/mol. The van der Waals surface area contributed by atoms with Crippen molar-refractivity contribution in [3.05, 3.63) is 65.0 Å². The lowest BCUT2D eigenvalue weighted by atomic mass is 9.92. The Morgan fingerprint density at radius 2 is 2.04 bits per heavy atom. The second kappa shape index (κ2) is 9.14. The van der Waals surface area contributed by atoms with Gasteiger partial charge in [-0.15, -0.1) is 0 Å². The molecule has 1 aliphatic heterocycles. The number of nitrogens with one attached hydrogen (secondary N) is 1. The Bertz CT molecular complexity index is 751. The van der Waals surface area contributed by atoms with Gasteiger partial charge in [0.1, 0.15) is 0 Å². The average molecular weight is 366 g/mol. The molecule has 3 rings (SSSR count). The lowest BCUT2D eigenvalue weighted by molar-refractivity contribution is -0.132. The molecule has 2 aromatic rings. The number of hydrogen-bond acceptors (Lipinski definition) is 3. The maximum atomic E-state index is 12.1. The van der Waals surface area contributed by atoms with Gasteiger partial charge in [-0.3, -0.25) is 9.78 Å². The van der Waals surface area contributed by atoms with E-state index in [-0.39, 0.29) is 6.04 Å². The van der Waals surface area contributed by atoms with Crippen LogP contribution >= 0.6 is 0 Å². The van der Waals surface area contributed by atoms with E-state index in [0.717, 1.165) is 32.4 Å². The molecule has 144 valence electrons. The molecule has 1 saturated heterocycles. The lowest BCUT2D eigenvalue weighted by Gasteiger charge is -2.35. The summed E-state index contributed by atoms with van der Waals surface area (Å²) in [4.78, 5) is 18.5. The van der Waals surface area contributed by atoms with Gasteiger partial charge in [-0.25, -0.2) is 0 Å². The Kier molecular flexibility index (Phi) is 6.62. The molecule has 0 radical (unpaired) electrons. The van der Waals surface area contributed by atoms with Gasteiger partial charge in [0, 0.05) is 37.9 Å². The number of aryl methyl sites for hydroxylation is 2. The minimum absolute atomic E-state index is 0.127. The zero-order valence-electron chi connectivity index (χ0n) is 16.7. The summed E-state index contributed by atoms with van der Waals surface area (Å²) in [5.74, 6) is 0.300. The molecule has 2 heterocycles. The average Bonchev–Trinajstić information content (AvgIpc) is 2.68. The molecule has 1 fully saturated rings. The maximum absolute atomic E-state index is 12.1. The second-order valence-corrected chi connectivity index (χ2v) is 7.65. The topological polar surface area (TPSA) is 45.2 Å². The highest BCUT2D eigenvalue weighted by atomic mass is 16.2. The normalized spacial score (nSPS) is 16.3. The van der Waals surface area contributed by atoms with Crippen molar-refractivity contribution in [2.45, 2.75) is 58.5 Å². The first kappa shape index (κ1) is 19.6. The van der Waals surface area contributed by atoms with Crippen molar-refractivity contribution < 1.29 is 4.79 Å². The van der Waals surface area contributed by atoms with Crippen LogP contribution in [0.1, 0.15) is 60.9 Å². The maximum Gasteiger partial charge on any atom is 0.222 e. The van der Waals surface area contributed by atoms with Crippen molar-refractivity contribution in [1.29, 1.82) is 0 Å². The van der Waals surface area contributed by atoms with Gasteiger partial charge in [0.05, 0.1) is 6.04 Å². The van der Waals surface area contributed by atoms with Crippen LogP contribution in [0.15, 0.2) is 42.7 Å². The largest absolute Gasteiger partial charge is 0.343 e. The highest BCUT2D eigenvalue weighted by Gasteiger charge is 2.26. The molecule has 0 bridgehead atoms. The molecule has 4 nitrogen and oxygen atoms in total. The summed E-state index contributed by atoms with van der Waals surface area (Å²) >= 11 is 0. The molecule has 1 N–H and O–H groups in total. The Morgan fingerprint density at radius 1 is 1.26 bits per heavy atom. The van der Waals surface area contributed by atoms with E-state index < -0.39 is 0 Å². The summed E-state index contributed by atoms with van der Waals surface area (Å²) in [6.07, 6.45) is 7.36. The number of rotatable bonds is 6. The van der Waals surface area contributed by atoms with Crippen LogP contribution in [0.25, 0.3) is 0 Å². The van der Waals surface area contributed by atoms with Gasteiger partial charge in [-0.1, -0.05) is 36.8 Å². The van der Waals surface area contributed by atoms with E-state index >= 15 is 0 Å². The van der Waals surface area contributed by atoms with E-state index in [1.165, 1.54) is 22.3 Å². The standard InChI is InChI=1S/C23H31N3O/c1-4-6-22(27)26-13-10-20(11-14-26)25-23(19-7-5-12-24-16-19)21-9-8-17(2)15-18(21)3/h5,7-9,12,15-16,20,23,25H,4,6,10-11,13-14H2,1-3H3/t23-/m0/s1. The van der Waals surface area contributed by atoms with Crippen molar-refractivity contribution in [3.8, 4) is 0 Å². The van der Waals surface area contributed by atoms with Gasteiger partial charge in [-0.2, -0.15) is 0 Å². The first-order chi connectivity index (χ1) is 13.1. The number of amides is 1. The van der Waals surface area contributed by atoms with Gasteiger partial charge in [0.15, 0.2) is 0 Å². The monoisotopic (exact) mass is 365 g/mol. The highest BCUT2D eigenvalue weighted by Crippen LogP contribution is 2.27. The van der Waals surface area contributed by atoms with E-state index in [4.69, 9.17) is 0 Å². The van der Waals surface area contributed by atoms with Crippen LogP contribution in [0.5, 0.6) is 0 Å². The van der Waals surface area contributed by atoms with E-state index in [1.54, 1.807) is 0 Å². The quantitative estimate of drug-likeness (QED) is 0.836. The van der Waals surface area contributed by atoms with Crippen LogP contribution in [0.4, 0.5) is 0 Å². The zero-order chi connectivity index (χ0) is 19.2. The molecule has 1 aromatic heterocycles. The van der Waals surface area contributed by atoms with Crippen LogP contribution in [-0.2, 0) is 4.79 Å². The number of carbonyl (C=O) groups is 1. The number of carbonyl (C=O) groups excluding carboxylic acids is 1. The minimum atomic E-state index is 0.127. The van der Waals surface area contributed by atoms with Crippen LogP contribution in [-0.4, -0.2) is 34.9 Å². The van der Waals surface area contributed by atoms with Crippen LogP contribution in [0.3, 0.4) is 0 Å². The molecule has 4 heteroatoms. The molecule has 1 aliphatic rings. The summed E-state index contributed by atoms with van der Waals surface area (Å²) in [5, 5.41) is 3.86. The minimum Gasteiger partial charge on any atom is -0.343 e. The fraction of sp³-hybridized carbons (Fsp3) is 0.478. The van der Waals surface area contributed by atoms with Crippen LogP contribution in [0, 0.1) is 13.8 Å². The predicted octanol–water partition coefficient (Wildman–Crippen LogP) is 4.17. The van der Waals surface area contributed by atoms with E-state index in [2.05, 4.69) is 55.3 Å². The number of pyridine rings is 1. The van der Waals surface area contributed by atoms with Gasteiger partial charge >= 0.3 is 0 Å². The van der Waals surface area contributed by atoms with Gasteiger partial charge in [-0.05, 0) is 55.9 Å². The van der Waals surface area contributed by atoms with Crippen molar-refractivity contribution in [1.82, 2.24) is 15.2 Å². The van der Waals surface area contributed by atoms with Crippen molar-refractivity contribution >= 4 is 5.91 Å². The third kappa shape index (κ3) is 4.95. The van der Waals surface area contributed by atoms with Crippen LogP contribution < -0.4 is 5.32 Å². The number of nitrogens with zero attached hydrogens (tertiary/aromatic N) is 2. The SMILES string of the molecule is CCCC(=O)N1CCC(N[C@@H](c2cccnc2)c2ccc(C)cc2C)CC1. The first-order valence-electron chi connectivity index (χ1n) is 10.1. The van der Waals surface area contributed by atoms with Gasteiger partial charge in [0.2, 0.25) is 5.91 Å². The van der Waals surface area contributed by atoms with Crippen molar-refractivity contribution in [2.24, 2.45) is 0 Å². The third-order valence-electron chi connectivity index (χ3n) is 5.47. The molecule has 0 unspecified atom stereocenters. The molecule has 0 aliphatic carbocycles. The highest BCUT2D eigenvalue weighted by molar-refractivity contribution is 5.76. The predicted molar refractivity (Wildman–Crippen MR) is 110 cm³/mol. The third-order valence-corrected chi connectivity index (χ3v) is 5.47. The molecule has 1 amide bonds. The zero-order valence-corrected chi connectivity index (χ0v) is 16.7. The smallest absolute Gasteiger partial charge is 0.222 e. The van der Waals surface area contributed by atoms with Crippen LogP contribution in [0.2, 0.25) is 0 Å². The summed E-state index contributed by atoms with van der Waals surface area (Å²) in [7, 11) is 0. The fourth-order valence-corrected chi connectivity index (χ4v) is 3.97. The first-order valence-corrected chi connectivity index (χ1v) is 10.1.